The first-order valence-electron chi connectivity index (χ1n) is 5.42. The molecular weight excluding hydrogens is 220 g/mol. The molecule has 0 aliphatic heterocycles. The molecule has 0 bridgehead atoms. The summed E-state index contributed by atoms with van der Waals surface area (Å²) in [5, 5.41) is 6.86. The number of anilines is 1. The number of nitrogens with one attached hydrogen (secondary N) is 2. The van der Waals surface area contributed by atoms with Crippen LogP contribution in [-0.2, 0) is 0 Å². The molecule has 3 nitrogen and oxygen atoms in total. The monoisotopic (exact) mass is 238 g/mol. The number of rotatable bonds is 4. The summed E-state index contributed by atoms with van der Waals surface area (Å²) in [5.74, 6) is 0.847. The minimum atomic E-state index is 0.329. The average molecular weight is 238 g/mol. The lowest BCUT2D eigenvalue weighted by Gasteiger charge is -2.13. The van der Waals surface area contributed by atoms with Crippen LogP contribution in [0.4, 0.5) is 5.69 Å². The maximum atomic E-state index is 5.41. The summed E-state index contributed by atoms with van der Waals surface area (Å²) in [4.78, 5) is 0. The second-order valence-electron chi connectivity index (χ2n) is 3.71. The van der Waals surface area contributed by atoms with E-state index in [1.54, 1.807) is 0 Å². The van der Waals surface area contributed by atoms with Gasteiger partial charge in [-0.2, -0.15) is 0 Å². The van der Waals surface area contributed by atoms with Crippen LogP contribution in [0.25, 0.3) is 0 Å². The SMILES string of the molecule is CCOc1cccc(NC(=S)NC(C)C)c1. The largest absolute Gasteiger partial charge is 0.494 e. The fourth-order valence-corrected chi connectivity index (χ4v) is 1.61. The number of benzene rings is 1. The van der Waals surface area contributed by atoms with Crippen LogP contribution in [-0.4, -0.2) is 17.8 Å². The predicted octanol–water partition coefficient (Wildman–Crippen LogP) is 2.78. The van der Waals surface area contributed by atoms with E-state index in [0.29, 0.717) is 17.8 Å². The molecule has 1 aromatic carbocycles. The van der Waals surface area contributed by atoms with Gasteiger partial charge in [-0.05, 0) is 45.1 Å². The standard InChI is InChI=1S/C12H18N2OS/c1-4-15-11-7-5-6-10(8-11)14-12(16)13-9(2)3/h5-9H,4H2,1-3H3,(H2,13,14,16). The molecule has 0 atom stereocenters. The number of ether oxygens (including phenoxy) is 1. The van der Waals surface area contributed by atoms with Crippen molar-refractivity contribution in [2.45, 2.75) is 26.8 Å². The quantitative estimate of drug-likeness (QED) is 0.790. The van der Waals surface area contributed by atoms with Gasteiger partial charge >= 0.3 is 0 Å². The summed E-state index contributed by atoms with van der Waals surface area (Å²) < 4.78 is 5.41. The zero-order valence-electron chi connectivity index (χ0n) is 9.91. The average Bonchev–Trinajstić information content (AvgIpc) is 2.17. The molecule has 0 aliphatic rings. The molecule has 0 saturated heterocycles. The van der Waals surface area contributed by atoms with Crippen molar-refractivity contribution in [2.75, 3.05) is 11.9 Å². The molecule has 0 saturated carbocycles. The Bertz CT molecular complexity index is 353. The van der Waals surface area contributed by atoms with Crippen LogP contribution in [0.1, 0.15) is 20.8 Å². The molecule has 88 valence electrons. The third kappa shape index (κ3) is 4.49. The normalized spacial score (nSPS) is 10.0. The molecule has 16 heavy (non-hydrogen) atoms. The van der Waals surface area contributed by atoms with Gasteiger partial charge in [-0.15, -0.1) is 0 Å². The first-order chi connectivity index (χ1) is 7.61. The molecule has 0 aliphatic carbocycles. The summed E-state index contributed by atoms with van der Waals surface area (Å²) in [7, 11) is 0. The molecule has 0 fully saturated rings. The lowest BCUT2D eigenvalue weighted by Crippen LogP contribution is -2.33. The van der Waals surface area contributed by atoms with Gasteiger partial charge in [-0.25, -0.2) is 0 Å². The lowest BCUT2D eigenvalue weighted by molar-refractivity contribution is 0.340. The van der Waals surface area contributed by atoms with Gasteiger partial charge in [0.15, 0.2) is 5.11 Å². The Morgan fingerprint density at radius 2 is 2.19 bits per heavy atom. The molecule has 1 rings (SSSR count). The van der Waals surface area contributed by atoms with Gasteiger partial charge in [0.1, 0.15) is 5.75 Å². The second kappa shape index (κ2) is 6.33. The molecule has 4 heteroatoms. The van der Waals surface area contributed by atoms with E-state index in [9.17, 15) is 0 Å². The molecule has 0 unspecified atom stereocenters. The number of thiocarbonyl (C=S) groups is 1. The van der Waals surface area contributed by atoms with Crippen molar-refractivity contribution in [3.05, 3.63) is 24.3 Å². The highest BCUT2D eigenvalue weighted by molar-refractivity contribution is 7.80. The van der Waals surface area contributed by atoms with Crippen molar-refractivity contribution < 1.29 is 4.74 Å². The Labute approximate surface area is 102 Å². The molecule has 0 spiro atoms. The summed E-state index contributed by atoms with van der Waals surface area (Å²) in [6, 6.07) is 8.07. The van der Waals surface area contributed by atoms with Crippen molar-refractivity contribution in [2.24, 2.45) is 0 Å². The van der Waals surface area contributed by atoms with Crippen molar-refractivity contribution in [3.63, 3.8) is 0 Å². The molecule has 0 aromatic heterocycles. The Hall–Kier alpha value is -1.29. The van der Waals surface area contributed by atoms with Gasteiger partial charge in [-0.3, -0.25) is 0 Å². The highest BCUT2D eigenvalue weighted by Crippen LogP contribution is 2.17. The van der Waals surface area contributed by atoms with E-state index in [4.69, 9.17) is 17.0 Å². The van der Waals surface area contributed by atoms with Gasteiger partial charge < -0.3 is 15.4 Å². The van der Waals surface area contributed by atoms with Gasteiger partial charge in [0.25, 0.3) is 0 Å². The predicted molar refractivity (Wildman–Crippen MR) is 72.1 cm³/mol. The fourth-order valence-electron chi connectivity index (χ4n) is 1.26. The molecular formula is C12H18N2OS. The van der Waals surface area contributed by atoms with Crippen LogP contribution < -0.4 is 15.4 Å². The van der Waals surface area contributed by atoms with Crippen molar-refractivity contribution >= 4 is 23.0 Å². The zero-order chi connectivity index (χ0) is 12.0. The fraction of sp³-hybridized carbons (Fsp3) is 0.417. The highest BCUT2D eigenvalue weighted by atomic mass is 32.1. The van der Waals surface area contributed by atoms with E-state index < -0.39 is 0 Å². The minimum Gasteiger partial charge on any atom is -0.494 e. The Kier molecular flexibility index (Phi) is 5.05. The third-order valence-corrected chi connectivity index (χ3v) is 2.04. The van der Waals surface area contributed by atoms with Gasteiger partial charge in [0.05, 0.1) is 6.61 Å². The Morgan fingerprint density at radius 3 is 2.81 bits per heavy atom. The van der Waals surface area contributed by atoms with E-state index >= 15 is 0 Å². The highest BCUT2D eigenvalue weighted by Gasteiger charge is 2.00. The molecule has 0 heterocycles. The van der Waals surface area contributed by atoms with E-state index in [0.717, 1.165) is 11.4 Å². The smallest absolute Gasteiger partial charge is 0.170 e. The molecule has 0 amide bonds. The first kappa shape index (κ1) is 12.8. The van der Waals surface area contributed by atoms with Crippen molar-refractivity contribution in [3.8, 4) is 5.75 Å². The van der Waals surface area contributed by atoms with E-state index in [1.165, 1.54) is 0 Å². The number of hydrogen-bond donors (Lipinski definition) is 2. The lowest BCUT2D eigenvalue weighted by atomic mass is 10.3. The summed E-state index contributed by atoms with van der Waals surface area (Å²) in [6.45, 7) is 6.72. The second-order valence-corrected chi connectivity index (χ2v) is 4.12. The summed E-state index contributed by atoms with van der Waals surface area (Å²) in [5.41, 5.74) is 0.934. The maximum absolute atomic E-state index is 5.41. The van der Waals surface area contributed by atoms with Crippen LogP contribution in [0, 0.1) is 0 Å². The van der Waals surface area contributed by atoms with Crippen LogP contribution in [0.15, 0.2) is 24.3 Å². The van der Waals surface area contributed by atoms with E-state index in [2.05, 4.69) is 10.6 Å². The van der Waals surface area contributed by atoms with Crippen molar-refractivity contribution in [1.82, 2.24) is 5.32 Å². The Balaban J connectivity index is 2.59. The summed E-state index contributed by atoms with van der Waals surface area (Å²) >= 11 is 5.16. The van der Waals surface area contributed by atoms with Gasteiger partial charge in [0, 0.05) is 17.8 Å². The topological polar surface area (TPSA) is 33.3 Å². The molecule has 1 aromatic rings. The van der Waals surface area contributed by atoms with Crippen molar-refractivity contribution in [1.29, 1.82) is 0 Å². The third-order valence-electron chi connectivity index (χ3n) is 1.82. The van der Waals surface area contributed by atoms with Gasteiger partial charge in [-0.1, -0.05) is 6.07 Å². The minimum absolute atomic E-state index is 0.329. The maximum Gasteiger partial charge on any atom is 0.170 e. The zero-order valence-corrected chi connectivity index (χ0v) is 10.7. The Morgan fingerprint density at radius 1 is 1.44 bits per heavy atom. The van der Waals surface area contributed by atoms with E-state index in [1.807, 2.05) is 45.0 Å². The van der Waals surface area contributed by atoms with Gasteiger partial charge in [0.2, 0.25) is 0 Å². The van der Waals surface area contributed by atoms with E-state index in [-0.39, 0.29) is 0 Å². The number of hydrogen-bond acceptors (Lipinski definition) is 2. The van der Waals surface area contributed by atoms with Crippen LogP contribution >= 0.6 is 12.2 Å². The summed E-state index contributed by atoms with van der Waals surface area (Å²) in [6.07, 6.45) is 0. The van der Waals surface area contributed by atoms with Crippen LogP contribution in [0.2, 0.25) is 0 Å². The van der Waals surface area contributed by atoms with Crippen LogP contribution in [0.5, 0.6) is 5.75 Å². The first-order valence-corrected chi connectivity index (χ1v) is 5.83. The van der Waals surface area contributed by atoms with Crippen LogP contribution in [0.3, 0.4) is 0 Å². The molecule has 0 radical (unpaired) electrons. The molecule has 2 N–H and O–H groups in total.